The standard InChI is InChI=1S/C24H25N3O5S/c1-14(2)13-32-18-8-6-15(10-19(18)30-4)11-21-23(28)27-24(33-21)25-22(26-27)16-7-9-17(29-3)20(12-16)31-5/h6-12,14H,13H2,1-5H3. The highest BCUT2D eigenvalue weighted by Gasteiger charge is 2.14. The summed E-state index contributed by atoms with van der Waals surface area (Å²) in [5.74, 6) is 3.32. The van der Waals surface area contributed by atoms with Crippen molar-refractivity contribution in [1.82, 2.24) is 14.6 Å². The first-order valence-electron chi connectivity index (χ1n) is 10.4. The lowest BCUT2D eigenvalue weighted by Gasteiger charge is -2.12. The van der Waals surface area contributed by atoms with Gasteiger partial charge in [0.05, 0.1) is 32.5 Å². The second-order valence-electron chi connectivity index (χ2n) is 7.73. The molecule has 33 heavy (non-hydrogen) atoms. The Labute approximate surface area is 195 Å². The van der Waals surface area contributed by atoms with E-state index in [1.54, 1.807) is 39.5 Å². The first-order chi connectivity index (χ1) is 15.9. The fourth-order valence-electron chi connectivity index (χ4n) is 3.23. The Balaban J connectivity index is 1.67. The van der Waals surface area contributed by atoms with Crippen LogP contribution in [0.25, 0.3) is 22.4 Å². The molecule has 9 heteroatoms. The molecule has 4 aromatic rings. The first kappa shape index (κ1) is 22.6. The summed E-state index contributed by atoms with van der Waals surface area (Å²) in [5.41, 5.74) is 1.33. The maximum atomic E-state index is 12.9. The van der Waals surface area contributed by atoms with Gasteiger partial charge in [-0.25, -0.2) is 0 Å². The Morgan fingerprint density at radius 3 is 2.33 bits per heavy atom. The van der Waals surface area contributed by atoms with E-state index < -0.39 is 0 Å². The van der Waals surface area contributed by atoms with Crippen LogP contribution < -0.4 is 29.0 Å². The van der Waals surface area contributed by atoms with Crippen molar-refractivity contribution >= 4 is 22.4 Å². The summed E-state index contributed by atoms with van der Waals surface area (Å²) < 4.78 is 23.7. The lowest BCUT2D eigenvalue weighted by molar-refractivity contribution is 0.257. The zero-order chi connectivity index (χ0) is 23.5. The van der Waals surface area contributed by atoms with Gasteiger partial charge in [-0.05, 0) is 47.9 Å². The predicted molar refractivity (Wildman–Crippen MR) is 128 cm³/mol. The van der Waals surface area contributed by atoms with E-state index in [0.29, 0.717) is 50.8 Å². The summed E-state index contributed by atoms with van der Waals surface area (Å²) in [6.07, 6.45) is 1.80. The first-order valence-corrected chi connectivity index (χ1v) is 11.2. The van der Waals surface area contributed by atoms with Gasteiger partial charge in [-0.3, -0.25) is 4.79 Å². The number of methoxy groups -OCH3 is 3. The van der Waals surface area contributed by atoms with Crippen LogP contribution in [-0.2, 0) is 0 Å². The molecule has 172 valence electrons. The molecule has 0 saturated heterocycles. The Morgan fingerprint density at radius 2 is 1.67 bits per heavy atom. The van der Waals surface area contributed by atoms with Gasteiger partial charge in [0.25, 0.3) is 5.56 Å². The van der Waals surface area contributed by atoms with Gasteiger partial charge in [0.1, 0.15) is 0 Å². The largest absolute Gasteiger partial charge is 0.493 e. The molecule has 2 aromatic carbocycles. The number of rotatable bonds is 8. The smallest absolute Gasteiger partial charge is 0.291 e. The monoisotopic (exact) mass is 467 g/mol. The van der Waals surface area contributed by atoms with Crippen LogP contribution in [-0.4, -0.2) is 42.5 Å². The Hall–Kier alpha value is -3.59. The number of nitrogens with zero attached hydrogens (tertiary/aromatic N) is 3. The van der Waals surface area contributed by atoms with Crippen molar-refractivity contribution in [2.24, 2.45) is 5.92 Å². The molecular weight excluding hydrogens is 442 g/mol. The van der Waals surface area contributed by atoms with Crippen molar-refractivity contribution < 1.29 is 18.9 Å². The van der Waals surface area contributed by atoms with Gasteiger partial charge in [-0.15, -0.1) is 5.10 Å². The van der Waals surface area contributed by atoms with Crippen molar-refractivity contribution in [3.8, 4) is 34.4 Å². The van der Waals surface area contributed by atoms with Gasteiger partial charge in [0.2, 0.25) is 4.96 Å². The molecule has 8 nitrogen and oxygen atoms in total. The molecule has 0 amide bonds. The zero-order valence-corrected chi connectivity index (χ0v) is 19.9. The van der Waals surface area contributed by atoms with Crippen molar-refractivity contribution in [2.45, 2.75) is 13.8 Å². The molecule has 0 atom stereocenters. The predicted octanol–water partition coefficient (Wildman–Crippen LogP) is 3.43. The van der Waals surface area contributed by atoms with Crippen molar-refractivity contribution in [3.63, 3.8) is 0 Å². The number of fused-ring (bicyclic) bond motifs is 1. The molecule has 0 aliphatic carbocycles. The van der Waals surface area contributed by atoms with Crippen LogP contribution >= 0.6 is 11.3 Å². The average molecular weight is 468 g/mol. The third-order valence-corrected chi connectivity index (χ3v) is 5.84. The van der Waals surface area contributed by atoms with Crippen LogP contribution in [0.15, 0.2) is 41.2 Å². The minimum absolute atomic E-state index is 0.228. The average Bonchev–Trinajstić information content (AvgIpc) is 3.36. The van der Waals surface area contributed by atoms with Gasteiger partial charge >= 0.3 is 0 Å². The second kappa shape index (κ2) is 9.50. The fraction of sp³-hybridized carbons (Fsp3) is 0.292. The highest BCUT2D eigenvalue weighted by Crippen LogP contribution is 2.31. The van der Waals surface area contributed by atoms with E-state index in [2.05, 4.69) is 23.9 Å². The van der Waals surface area contributed by atoms with Gasteiger partial charge in [-0.2, -0.15) is 9.50 Å². The van der Waals surface area contributed by atoms with Crippen molar-refractivity contribution in [3.05, 3.63) is 56.8 Å². The Kier molecular flexibility index (Phi) is 6.50. The van der Waals surface area contributed by atoms with Crippen LogP contribution in [0.5, 0.6) is 23.0 Å². The summed E-state index contributed by atoms with van der Waals surface area (Å²) in [7, 11) is 4.74. The fourth-order valence-corrected chi connectivity index (χ4v) is 4.14. The molecule has 0 spiro atoms. The summed E-state index contributed by atoms with van der Waals surface area (Å²) in [6.45, 7) is 4.77. The molecule has 0 unspecified atom stereocenters. The third kappa shape index (κ3) is 4.63. The highest BCUT2D eigenvalue weighted by molar-refractivity contribution is 7.15. The molecule has 4 rings (SSSR count). The van der Waals surface area contributed by atoms with E-state index >= 15 is 0 Å². The molecule has 0 aliphatic rings. The Bertz CT molecular complexity index is 1390. The van der Waals surface area contributed by atoms with Crippen LogP contribution in [0.2, 0.25) is 0 Å². The van der Waals surface area contributed by atoms with Crippen LogP contribution in [0.1, 0.15) is 19.4 Å². The van der Waals surface area contributed by atoms with Crippen LogP contribution in [0.3, 0.4) is 0 Å². The van der Waals surface area contributed by atoms with Gasteiger partial charge < -0.3 is 18.9 Å². The summed E-state index contributed by atoms with van der Waals surface area (Å²) >= 11 is 1.28. The Morgan fingerprint density at radius 1 is 0.970 bits per heavy atom. The molecule has 0 fully saturated rings. The normalized spacial score (nSPS) is 11.9. The minimum atomic E-state index is -0.228. The van der Waals surface area contributed by atoms with Gasteiger partial charge in [0.15, 0.2) is 28.8 Å². The number of hydrogen-bond acceptors (Lipinski definition) is 8. The molecule has 0 bridgehead atoms. The van der Waals surface area contributed by atoms with E-state index in [0.717, 1.165) is 11.1 Å². The van der Waals surface area contributed by atoms with Crippen molar-refractivity contribution in [1.29, 1.82) is 0 Å². The maximum absolute atomic E-state index is 12.9. The molecule has 0 aliphatic heterocycles. The molecule has 0 N–H and O–H groups in total. The summed E-state index contributed by atoms with van der Waals surface area (Å²) in [4.78, 5) is 18.0. The van der Waals surface area contributed by atoms with Crippen molar-refractivity contribution in [2.75, 3.05) is 27.9 Å². The number of hydrogen-bond donors (Lipinski definition) is 0. The minimum Gasteiger partial charge on any atom is -0.493 e. The van der Waals surface area contributed by atoms with E-state index in [1.165, 1.54) is 15.9 Å². The summed E-state index contributed by atoms with van der Waals surface area (Å²) in [5, 5.41) is 4.41. The molecule has 2 aromatic heterocycles. The number of aromatic nitrogens is 3. The molecule has 0 radical (unpaired) electrons. The SMILES string of the molecule is COc1ccc(-c2nc3sc(=Cc4ccc(OCC(C)C)c(OC)c4)c(=O)n3n2)cc1OC. The van der Waals surface area contributed by atoms with Crippen LogP contribution in [0, 0.1) is 5.92 Å². The molecular formula is C24H25N3O5S. The lowest BCUT2D eigenvalue weighted by atomic mass is 10.2. The molecule has 2 heterocycles. The summed E-state index contributed by atoms with van der Waals surface area (Å²) in [6, 6.07) is 11.0. The number of thiazole rings is 1. The van der Waals surface area contributed by atoms with Crippen LogP contribution in [0.4, 0.5) is 0 Å². The second-order valence-corrected chi connectivity index (χ2v) is 8.74. The highest BCUT2D eigenvalue weighted by atomic mass is 32.1. The van der Waals surface area contributed by atoms with Gasteiger partial charge in [-0.1, -0.05) is 31.3 Å². The maximum Gasteiger partial charge on any atom is 0.291 e. The van der Waals surface area contributed by atoms with E-state index in [1.807, 2.05) is 24.3 Å². The van der Waals surface area contributed by atoms with E-state index in [-0.39, 0.29) is 5.56 Å². The quantitative estimate of drug-likeness (QED) is 0.393. The van der Waals surface area contributed by atoms with Gasteiger partial charge in [0, 0.05) is 5.56 Å². The lowest BCUT2D eigenvalue weighted by Crippen LogP contribution is -2.23. The number of benzene rings is 2. The number of ether oxygens (including phenoxy) is 4. The topological polar surface area (TPSA) is 84.2 Å². The van der Waals surface area contributed by atoms with E-state index in [9.17, 15) is 4.79 Å². The van der Waals surface area contributed by atoms with E-state index in [4.69, 9.17) is 18.9 Å². The zero-order valence-electron chi connectivity index (χ0n) is 19.1. The molecule has 0 saturated carbocycles. The third-order valence-electron chi connectivity index (χ3n) is 4.88.